The van der Waals surface area contributed by atoms with Crippen molar-refractivity contribution in [3.8, 4) is 11.4 Å². The van der Waals surface area contributed by atoms with Gasteiger partial charge in [0.25, 0.3) is 0 Å². The van der Waals surface area contributed by atoms with Gasteiger partial charge in [0.1, 0.15) is 5.82 Å². The molecule has 2 heterocycles. The minimum atomic E-state index is -0.127. The van der Waals surface area contributed by atoms with E-state index in [1.54, 1.807) is 0 Å². The van der Waals surface area contributed by atoms with Crippen LogP contribution >= 0.6 is 0 Å². The van der Waals surface area contributed by atoms with Crippen LogP contribution < -0.4 is 0 Å². The molecule has 0 unspecified atom stereocenters. The van der Waals surface area contributed by atoms with E-state index in [0.717, 1.165) is 68.3 Å². The molecular weight excluding hydrogens is 324 g/mol. The Kier molecular flexibility index (Phi) is 5.38. The highest BCUT2D eigenvalue weighted by Gasteiger charge is 2.31. The molecule has 5 heteroatoms. The fraction of sp³-hybridized carbons (Fsp3) is 0.571. The third kappa shape index (κ3) is 3.85. The van der Waals surface area contributed by atoms with Crippen molar-refractivity contribution in [2.24, 2.45) is 0 Å². The Morgan fingerprint density at radius 1 is 1.08 bits per heavy atom. The third-order valence-electron chi connectivity index (χ3n) is 5.98. The van der Waals surface area contributed by atoms with Crippen molar-refractivity contribution in [1.29, 1.82) is 0 Å². The first-order valence-corrected chi connectivity index (χ1v) is 9.96. The average molecular weight is 354 g/mol. The molecule has 140 valence electrons. The Hall–Kier alpha value is -1.69. The van der Waals surface area contributed by atoms with Gasteiger partial charge in [0.2, 0.25) is 0 Å². The molecule has 1 aliphatic carbocycles. The van der Waals surface area contributed by atoms with E-state index >= 15 is 0 Å². The van der Waals surface area contributed by atoms with Gasteiger partial charge in [0.15, 0.2) is 0 Å². The molecule has 2 N–H and O–H groups in total. The number of rotatable bonds is 4. The Morgan fingerprint density at radius 2 is 1.81 bits per heavy atom. The summed E-state index contributed by atoms with van der Waals surface area (Å²) in [5, 5.41) is 10.3. The summed E-state index contributed by atoms with van der Waals surface area (Å²) in [4.78, 5) is 13.3. The highest BCUT2D eigenvalue weighted by molar-refractivity contribution is 5.55. The number of piperazine rings is 1. The molecule has 2 atom stereocenters. The molecule has 2 aromatic rings. The zero-order valence-corrected chi connectivity index (χ0v) is 15.7. The lowest BCUT2D eigenvalue weighted by Gasteiger charge is -2.42. The first-order valence-electron chi connectivity index (χ1n) is 9.96. The van der Waals surface area contributed by atoms with Crippen LogP contribution in [0.5, 0.6) is 0 Å². The second-order valence-corrected chi connectivity index (χ2v) is 7.75. The SMILES string of the molecule is Cc1[nH]c(-c2ccccc2)nc1CN1CCN([C@@H]2CCCC[C@H]2O)CC1. The lowest BCUT2D eigenvalue weighted by atomic mass is 9.91. The first-order chi connectivity index (χ1) is 12.7. The van der Waals surface area contributed by atoms with Crippen LogP contribution in [0.2, 0.25) is 0 Å². The molecule has 0 radical (unpaired) electrons. The molecule has 4 rings (SSSR count). The number of aromatic amines is 1. The first kappa shape index (κ1) is 17.7. The fourth-order valence-corrected chi connectivity index (χ4v) is 4.37. The summed E-state index contributed by atoms with van der Waals surface area (Å²) in [6, 6.07) is 10.7. The quantitative estimate of drug-likeness (QED) is 0.886. The van der Waals surface area contributed by atoms with Crippen molar-refractivity contribution >= 4 is 0 Å². The van der Waals surface area contributed by atoms with E-state index in [4.69, 9.17) is 4.98 Å². The number of aromatic nitrogens is 2. The summed E-state index contributed by atoms with van der Waals surface area (Å²) in [6.07, 6.45) is 4.44. The van der Waals surface area contributed by atoms with Gasteiger partial charge in [-0.25, -0.2) is 4.98 Å². The van der Waals surface area contributed by atoms with Gasteiger partial charge in [-0.05, 0) is 19.8 Å². The normalized spacial score (nSPS) is 25.5. The summed E-state index contributed by atoms with van der Waals surface area (Å²) in [6.45, 7) is 7.22. The molecule has 1 aromatic carbocycles. The molecule has 1 saturated carbocycles. The smallest absolute Gasteiger partial charge is 0.137 e. The van der Waals surface area contributed by atoms with Crippen molar-refractivity contribution in [2.45, 2.75) is 51.3 Å². The van der Waals surface area contributed by atoms with Crippen LogP contribution in [0.1, 0.15) is 37.1 Å². The molecule has 0 spiro atoms. The van der Waals surface area contributed by atoms with Crippen LogP contribution in [0.3, 0.4) is 0 Å². The average Bonchev–Trinajstić information content (AvgIpc) is 3.04. The van der Waals surface area contributed by atoms with Crippen LogP contribution in [0, 0.1) is 6.92 Å². The number of aliphatic hydroxyl groups excluding tert-OH is 1. The number of hydrogen-bond acceptors (Lipinski definition) is 4. The minimum absolute atomic E-state index is 0.127. The van der Waals surface area contributed by atoms with Crippen LogP contribution in [-0.2, 0) is 6.54 Å². The number of aliphatic hydroxyl groups is 1. The molecule has 1 saturated heterocycles. The van der Waals surface area contributed by atoms with Crippen LogP contribution in [0.4, 0.5) is 0 Å². The zero-order valence-electron chi connectivity index (χ0n) is 15.7. The summed E-state index contributed by atoms with van der Waals surface area (Å²) in [5.41, 5.74) is 3.45. The predicted molar refractivity (Wildman–Crippen MR) is 104 cm³/mol. The highest BCUT2D eigenvalue weighted by atomic mass is 16.3. The van der Waals surface area contributed by atoms with Crippen molar-refractivity contribution in [2.75, 3.05) is 26.2 Å². The largest absolute Gasteiger partial charge is 0.391 e. The summed E-state index contributed by atoms with van der Waals surface area (Å²) in [7, 11) is 0. The third-order valence-corrected chi connectivity index (χ3v) is 5.98. The molecule has 1 aromatic heterocycles. The Balaban J connectivity index is 1.35. The number of nitrogens with one attached hydrogen (secondary N) is 1. The topological polar surface area (TPSA) is 55.4 Å². The number of benzene rings is 1. The van der Waals surface area contributed by atoms with E-state index in [9.17, 15) is 5.11 Å². The maximum absolute atomic E-state index is 10.3. The molecule has 5 nitrogen and oxygen atoms in total. The van der Waals surface area contributed by atoms with Crippen LogP contribution in [0.25, 0.3) is 11.4 Å². The number of aryl methyl sites for hydroxylation is 1. The maximum atomic E-state index is 10.3. The van der Waals surface area contributed by atoms with Gasteiger partial charge in [0.05, 0.1) is 11.8 Å². The fourth-order valence-electron chi connectivity index (χ4n) is 4.37. The Morgan fingerprint density at radius 3 is 2.54 bits per heavy atom. The van der Waals surface area contributed by atoms with Gasteiger partial charge >= 0.3 is 0 Å². The van der Waals surface area contributed by atoms with E-state index in [0.29, 0.717) is 6.04 Å². The molecule has 2 aliphatic rings. The maximum Gasteiger partial charge on any atom is 0.137 e. The van der Waals surface area contributed by atoms with Crippen molar-refractivity contribution in [3.63, 3.8) is 0 Å². The lowest BCUT2D eigenvalue weighted by molar-refractivity contribution is -0.00489. The van der Waals surface area contributed by atoms with E-state index in [1.807, 2.05) is 18.2 Å². The summed E-state index contributed by atoms with van der Waals surface area (Å²) in [5.74, 6) is 0.960. The molecule has 26 heavy (non-hydrogen) atoms. The zero-order chi connectivity index (χ0) is 17.9. The number of H-pyrrole nitrogens is 1. The monoisotopic (exact) mass is 354 g/mol. The van der Waals surface area contributed by atoms with Crippen molar-refractivity contribution in [1.82, 2.24) is 19.8 Å². The summed E-state index contributed by atoms with van der Waals surface area (Å²) < 4.78 is 0. The lowest BCUT2D eigenvalue weighted by Crippen LogP contribution is -2.54. The van der Waals surface area contributed by atoms with Crippen molar-refractivity contribution in [3.05, 3.63) is 41.7 Å². The van der Waals surface area contributed by atoms with Crippen molar-refractivity contribution < 1.29 is 5.11 Å². The van der Waals surface area contributed by atoms with E-state index in [2.05, 4.69) is 33.8 Å². The Bertz CT molecular complexity index is 706. The second kappa shape index (κ2) is 7.91. The van der Waals surface area contributed by atoms with Gasteiger partial charge in [-0.1, -0.05) is 43.2 Å². The van der Waals surface area contributed by atoms with Crippen LogP contribution in [0.15, 0.2) is 30.3 Å². The van der Waals surface area contributed by atoms with E-state index in [1.165, 1.54) is 12.8 Å². The Labute approximate surface area is 156 Å². The molecule has 0 bridgehead atoms. The van der Waals surface area contributed by atoms with Gasteiger partial charge in [-0.2, -0.15) is 0 Å². The highest BCUT2D eigenvalue weighted by Crippen LogP contribution is 2.25. The second-order valence-electron chi connectivity index (χ2n) is 7.75. The predicted octanol–water partition coefficient (Wildman–Crippen LogP) is 2.81. The van der Waals surface area contributed by atoms with E-state index in [-0.39, 0.29) is 6.10 Å². The standard InChI is InChI=1S/C21H30N4O/c1-16-18(23-21(22-16)17-7-3-2-4-8-17)15-24-11-13-25(14-12-24)19-9-5-6-10-20(19)26/h2-4,7-8,19-20,26H,5-6,9-15H2,1H3,(H,22,23)/t19-,20-/m1/s1. The van der Waals surface area contributed by atoms with Gasteiger partial charge < -0.3 is 10.1 Å². The summed E-state index contributed by atoms with van der Waals surface area (Å²) >= 11 is 0. The van der Waals surface area contributed by atoms with Gasteiger partial charge in [0, 0.05) is 50.0 Å². The van der Waals surface area contributed by atoms with E-state index < -0.39 is 0 Å². The molecule has 1 aliphatic heterocycles. The molecule has 2 fully saturated rings. The van der Waals surface area contributed by atoms with Gasteiger partial charge in [-0.3, -0.25) is 9.80 Å². The molecule has 0 amide bonds. The van der Waals surface area contributed by atoms with Crippen LogP contribution in [-0.4, -0.2) is 63.2 Å². The number of hydrogen-bond donors (Lipinski definition) is 2. The molecular formula is C21H30N4O. The van der Waals surface area contributed by atoms with Gasteiger partial charge in [-0.15, -0.1) is 0 Å². The number of nitrogens with zero attached hydrogens (tertiary/aromatic N) is 3. The number of imidazole rings is 1. The minimum Gasteiger partial charge on any atom is -0.391 e.